The number of rotatable bonds is 7. The molecule has 6 atom stereocenters. The summed E-state index contributed by atoms with van der Waals surface area (Å²) in [5.41, 5.74) is 1.41. The lowest BCUT2D eigenvalue weighted by molar-refractivity contribution is -0.229. The number of ether oxygens (including phenoxy) is 3. The Kier molecular flexibility index (Phi) is 8.32. The Morgan fingerprint density at radius 3 is 2.53 bits per heavy atom. The molecule has 9 heteroatoms. The highest BCUT2D eigenvalue weighted by molar-refractivity contribution is 5.88. The maximum Gasteiger partial charge on any atom is 0.331 e. The van der Waals surface area contributed by atoms with Crippen molar-refractivity contribution in [1.29, 1.82) is 0 Å². The molecular weight excluding hydrogens is 492 g/mol. The summed E-state index contributed by atoms with van der Waals surface area (Å²) < 4.78 is 23.4. The molecule has 2 aromatic carbocycles. The summed E-state index contributed by atoms with van der Waals surface area (Å²) in [6.07, 6.45) is -4.11. The molecule has 1 aromatic heterocycles. The lowest BCUT2D eigenvalue weighted by Gasteiger charge is -2.41. The number of hydrogen-bond donors (Lipinski definition) is 3. The fourth-order valence-electron chi connectivity index (χ4n) is 4.70. The van der Waals surface area contributed by atoms with Gasteiger partial charge in [0.25, 0.3) is 0 Å². The average molecular weight is 525 g/mol. The van der Waals surface area contributed by atoms with Crippen LogP contribution in [-0.4, -0.2) is 58.9 Å². The van der Waals surface area contributed by atoms with E-state index in [0.717, 1.165) is 5.56 Å². The van der Waals surface area contributed by atoms with Crippen LogP contribution in [0.2, 0.25) is 0 Å². The van der Waals surface area contributed by atoms with Crippen LogP contribution in [-0.2, 0) is 20.7 Å². The van der Waals surface area contributed by atoms with E-state index >= 15 is 0 Å². The van der Waals surface area contributed by atoms with Crippen molar-refractivity contribution < 1.29 is 38.7 Å². The molecule has 2 heterocycles. The Morgan fingerprint density at radius 2 is 1.87 bits per heavy atom. The smallest absolute Gasteiger partial charge is 0.331 e. The van der Waals surface area contributed by atoms with Crippen LogP contribution < -0.4 is 10.2 Å². The predicted molar refractivity (Wildman–Crippen MR) is 140 cm³/mol. The zero-order valence-electron chi connectivity index (χ0n) is 21.7. The van der Waals surface area contributed by atoms with Crippen molar-refractivity contribution in [1.82, 2.24) is 0 Å². The summed E-state index contributed by atoms with van der Waals surface area (Å²) in [5.74, 6) is -0.232. The standard InChI is InChI=1S/C29H32O9/c1-15-12-21(35-4)24(27-23(15)20(31)14-19(37-27)13-16(2)30)28-29(26(34)25(33)17(3)36-28)38-22(32)11-10-18-8-6-5-7-9-18/h5-12,14,16-17,25-26,28-30,33-34H,13H2,1-4H3/b11-10+. The third kappa shape index (κ3) is 5.66. The van der Waals surface area contributed by atoms with Gasteiger partial charge in [0.05, 0.1) is 30.3 Å². The van der Waals surface area contributed by atoms with Crippen molar-refractivity contribution in [2.45, 2.75) is 63.8 Å². The van der Waals surface area contributed by atoms with Gasteiger partial charge in [-0.1, -0.05) is 30.3 Å². The van der Waals surface area contributed by atoms with Gasteiger partial charge in [0.1, 0.15) is 35.4 Å². The number of carbonyl (C=O) groups excluding carboxylic acids is 1. The molecule has 3 aromatic rings. The largest absolute Gasteiger partial charge is 0.496 e. The number of carbonyl (C=O) groups is 1. The molecule has 1 fully saturated rings. The molecule has 6 unspecified atom stereocenters. The van der Waals surface area contributed by atoms with Crippen molar-refractivity contribution >= 4 is 23.0 Å². The van der Waals surface area contributed by atoms with Gasteiger partial charge in [-0.2, -0.15) is 0 Å². The average Bonchev–Trinajstić information content (AvgIpc) is 2.87. The maximum absolute atomic E-state index is 13.1. The fraction of sp³-hybridized carbons (Fsp3) is 0.379. The molecule has 0 aliphatic carbocycles. The number of aliphatic hydroxyl groups is 3. The Bertz CT molecular complexity index is 1380. The molecular formula is C29H32O9. The normalized spacial score (nSPS) is 24.4. The molecule has 0 amide bonds. The number of esters is 1. The lowest BCUT2D eigenvalue weighted by Crippen LogP contribution is -2.54. The van der Waals surface area contributed by atoms with E-state index in [1.54, 1.807) is 32.9 Å². The van der Waals surface area contributed by atoms with Crippen molar-refractivity contribution in [2.24, 2.45) is 0 Å². The highest BCUT2D eigenvalue weighted by atomic mass is 16.6. The SMILES string of the molecule is COc1cc(C)c2c(=O)cc(CC(C)O)oc2c1C1OC(C)C(O)C(O)C1OC(=O)/C=C/c1ccccc1. The van der Waals surface area contributed by atoms with Gasteiger partial charge in [0, 0.05) is 18.6 Å². The van der Waals surface area contributed by atoms with Gasteiger partial charge >= 0.3 is 5.97 Å². The molecule has 0 bridgehead atoms. The van der Waals surface area contributed by atoms with Crippen LogP contribution in [0.15, 0.2) is 57.8 Å². The fourth-order valence-corrected chi connectivity index (χ4v) is 4.70. The van der Waals surface area contributed by atoms with Crippen LogP contribution >= 0.6 is 0 Å². The van der Waals surface area contributed by atoms with Gasteiger partial charge < -0.3 is 33.9 Å². The minimum atomic E-state index is -1.51. The summed E-state index contributed by atoms with van der Waals surface area (Å²) in [6.45, 7) is 4.88. The van der Waals surface area contributed by atoms with Crippen LogP contribution in [0, 0.1) is 6.92 Å². The summed E-state index contributed by atoms with van der Waals surface area (Å²) in [4.78, 5) is 25.9. The second-order valence-electron chi connectivity index (χ2n) is 9.53. The van der Waals surface area contributed by atoms with Crippen LogP contribution in [0.4, 0.5) is 0 Å². The van der Waals surface area contributed by atoms with E-state index in [1.165, 1.54) is 19.3 Å². The number of methoxy groups -OCH3 is 1. The van der Waals surface area contributed by atoms with E-state index in [0.29, 0.717) is 5.56 Å². The van der Waals surface area contributed by atoms with Gasteiger partial charge in [-0.3, -0.25) is 4.79 Å². The van der Waals surface area contributed by atoms with Crippen LogP contribution in [0.3, 0.4) is 0 Å². The Morgan fingerprint density at radius 1 is 1.16 bits per heavy atom. The topological polar surface area (TPSA) is 136 Å². The van der Waals surface area contributed by atoms with Crippen molar-refractivity contribution in [3.63, 3.8) is 0 Å². The second kappa shape index (κ2) is 11.5. The second-order valence-corrected chi connectivity index (χ2v) is 9.53. The van der Waals surface area contributed by atoms with Crippen molar-refractivity contribution in [3.05, 3.63) is 81.2 Å². The number of hydrogen-bond acceptors (Lipinski definition) is 9. The summed E-state index contributed by atoms with van der Waals surface area (Å²) in [5, 5.41) is 31.7. The summed E-state index contributed by atoms with van der Waals surface area (Å²) >= 11 is 0. The zero-order valence-corrected chi connectivity index (χ0v) is 21.7. The van der Waals surface area contributed by atoms with E-state index in [4.69, 9.17) is 18.6 Å². The Hall–Kier alpha value is -3.50. The number of benzene rings is 2. The Labute approximate surface area is 219 Å². The first-order valence-corrected chi connectivity index (χ1v) is 12.4. The zero-order chi connectivity index (χ0) is 27.6. The molecule has 3 N–H and O–H groups in total. The Balaban J connectivity index is 1.83. The van der Waals surface area contributed by atoms with E-state index in [-0.39, 0.29) is 39.9 Å². The minimum Gasteiger partial charge on any atom is -0.496 e. The molecule has 38 heavy (non-hydrogen) atoms. The van der Waals surface area contributed by atoms with Gasteiger partial charge in [0.2, 0.25) is 0 Å². The maximum atomic E-state index is 13.1. The number of fused-ring (bicyclic) bond motifs is 1. The molecule has 4 rings (SSSR count). The number of aryl methyl sites for hydroxylation is 1. The monoisotopic (exact) mass is 524 g/mol. The van der Waals surface area contributed by atoms with Gasteiger partial charge in [-0.05, 0) is 44.0 Å². The van der Waals surface area contributed by atoms with Crippen molar-refractivity contribution in [2.75, 3.05) is 7.11 Å². The molecule has 202 valence electrons. The molecule has 1 aliphatic heterocycles. The van der Waals surface area contributed by atoms with Crippen LogP contribution in [0.5, 0.6) is 5.75 Å². The highest BCUT2D eigenvalue weighted by Gasteiger charge is 2.47. The number of aliphatic hydroxyl groups excluding tert-OH is 3. The van der Waals surface area contributed by atoms with E-state index < -0.39 is 42.6 Å². The molecule has 9 nitrogen and oxygen atoms in total. The predicted octanol–water partition coefficient (Wildman–Crippen LogP) is 2.84. The van der Waals surface area contributed by atoms with Gasteiger partial charge in [-0.25, -0.2) is 4.79 Å². The highest BCUT2D eigenvalue weighted by Crippen LogP contribution is 2.43. The third-order valence-electron chi connectivity index (χ3n) is 6.54. The first kappa shape index (κ1) is 27.5. The molecule has 0 spiro atoms. The first-order valence-electron chi connectivity index (χ1n) is 12.4. The quantitative estimate of drug-likeness (QED) is 0.315. The minimum absolute atomic E-state index is 0.0901. The van der Waals surface area contributed by atoms with Crippen LogP contribution in [0.25, 0.3) is 17.0 Å². The summed E-state index contributed by atoms with van der Waals surface area (Å²) in [7, 11) is 1.43. The third-order valence-corrected chi connectivity index (χ3v) is 6.54. The van der Waals surface area contributed by atoms with E-state index in [1.807, 2.05) is 30.3 Å². The van der Waals surface area contributed by atoms with E-state index in [2.05, 4.69) is 0 Å². The summed E-state index contributed by atoms with van der Waals surface area (Å²) in [6, 6.07) is 12.1. The molecule has 0 radical (unpaired) electrons. The molecule has 1 aliphatic rings. The van der Waals surface area contributed by atoms with Crippen molar-refractivity contribution in [3.8, 4) is 5.75 Å². The first-order chi connectivity index (χ1) is 18.1. The lowest BCUT2D eigenvalue weighted by atomic mass is 9.89. The van der Waals surface area contributed by atoms with E-state index in [9.17, 15) is 24.9 Å². The molecule has 1 saturated heterocycles. The van der Waals surface area contributed by atoms with Gasteiger partial charge in [0.15, 0.2) is 11.5 Å². The van der Waals surface area contributed by atoms with Crippen LogP contribution in [0.1, 0.15) is 42.4 Å². The van der Waals surface area contributed by atoms with Gasteiger partial charge in [-0.15, -0.1) is 0 Å². The molecule has 0 saturated carbocycles.